The van der Waals surface area contributed by atoms with Gasteiger partial charge in [0, 0.05) is 39.3 Å². The molecule has 2 aliphatic heterocycles. The lowest BCUT2D eigenvalue weighted by molar-refractivity contribution is -0.132. The summed E-state index contributed by atoms with van der Waals surface area (Å²) in [6.45, 7) is 7.32. The maximum Gasteiger partial charge on any atom is 0.234 e. The molecular formula is C28H33N5O. The van der Waals surface area contributed by atoms with Crippen molar-refractivity contribution in [3.63, 3.8) is 0 Å². The molecule has 1 aromatic heterocycles. The molecule has 0 radical (unpaired) electrons. The molecule has 0 saturated carbocycles. The van der Waals surface area contributed by atoms with Crippen molar-refractivity contribution < 1.29 is 4.79 Å². The first-order valence-corrected chi connectivity index (χ1v) is 12.4. The number of aromatic nitrogens is 2. The molecule has 3 heterocycles. The van der Waals surface area contributed by atoms with Crippen LogP contribution in [0.4, 0.5) is 11.6 Å². The third kappa shape index (κ3) is 4.91. The molecule has 34 heavy (non-hydrogen) atoms. The van der Waals surface area contributed by atoms with Gasteiger partial charge in [-0.15, -0.1) is 10.2 Å². The van der Waals surface area contributed by atoms with Crippen LogP contribution in [0.2, 0.25) is 0 Å². The van der Waals surface area contributed by atoms with E-state index in [1.807, 2.05) is 65.6 Å². The summed E-state index contributed by atoms with van der Waals surface area (Å²) in [7, 11) is 0. The highest BCUT2D eigenvalue weighted by Gasteiger charge is 2.30. The van der Waals surface area contributed by atoms with Gasteiger partial charge in [0.15, 0.2) is 11.6 Å². The Morgan fingerprint density at radius 3 is 1.65 bits per heavy atom. The van der Waals surface area contributed by atoms with Crippen molar-refractivity contribution in [1.82, 2.24) is 15.1 Å². The van der Waals surface area contributed by atoms with E-state index >= 15 is 0 Å². The van der Waals surface area contributed by atoms with Gasteiger partial charge in [-0.1, -0.05) is 67.6 Å². The number of rotatable bonds is 5. The topological polar surface area (TPSA) is 52.6 Å². The Kier molecular flexibility index (Phi) is 6.74. The minimum absolute atomic E-state index is 0.165. The highest BCUT2D eigenvalue weighted by molar-refractivity contribution is 5.87. The lowest BCUT2D eigenvalue weighted by Crippen LogP contribution is -2.50. The van der Waals surface area contributed by atoms with Crippen molar-refractivity contribution in [3.05, 3.63) is 83.9 Å². The molecule has 3 aromatic rings. The van der Waals surface area contributed by atoms with Crippen molar-refractivity contribution in [2.24, 2.45) is 5.92 Å². The van der Waals surface area contributed by atoms with Crippen molar-refractivity contribution >= 4 is 17.5 Å². The number of benzene rings is 2. The molecule has 5 rings (SSSR count). The van der Waals surface area contributed by atoms with Crippen LogP contribution in [0.15, 0.2) is 72.8 Å². The molecule has 176 valence electrons. The van der Waals surface area contributed by atoms with E-state index in [4.69, 9.17) is 0 Å². The van der Waals surface area contributed by atoms with E-state index in [0.29, 0.717) is 13.1 Å². The maximum absolute atomic E-state index is 13.7. The van der Waals surface area contributed by atoms with Crippen LogP contribution in [0.1, 0.15) is 36.8 Å². The smallest absolute Gasteiger partial charge is 0.234 e. The Balaban J connectivity index is 1.24. The molecule has 0 unspecified atom stereocenters. The van der Waals surface area contributed by atoms with Crippen molar-refractivity contribution in [3.8, 4) is 0 Å². The number of carbonyl (C=O) groups is 1. The number of anilines is 2. The molecule has 6 heteroatoms. The summed E-state index contributed by atoms with van der Waals surface area (Å²) in [4.78, 5) is 20.2. The number of piperazine rings is 1. The van der Waals surface area contributed by atoms with Gasteiger partial charge in [0.1, 0.15) is 0 Å². The lowest BCUT2D eigenvalue weighted by atomic mass is 9.90. The number of amides is 1. The number of hydrogen-bond donors (Lipinski definition) is 0. The number of carbonyl (C=O) groups excluding carboxylic acids is 1. The van der Waals surface area contributed by atoms with E-state index in [2.05, 4.69) is 39.1 Å². The molecule has 0 aliphatic carbocycles. The Labute approximate surface area is 202 Å². The van der Waals surface area contributed by atoms with Crippen LogP contribution in [0.25, 0.3) is 0 Å². The van der Waals surface area contributed by atoms with Crippen molar-refractivity contribution in [2.45, 2.75) is 25.7 Å². The molecule has 0 N–H and O–H groups in total. The standard InChI is InChI=1S/C28H33N5O/c1-22-14-16-31(17-15-22)25-12-13-26(30-29-25)32-18-20-33(21-19-32)28(34)27(23-8-4-2-5-9-23)24-10-6-3-7-11-24/h2-13,22,27H,14-21H2,1H3. The highest BCUT2D eigenvalue weighted by atomic mass is 16.2. The van der Waals surface area contributed by atoms with E-state index in [0.717, 1.165) is 54.9 Å². The van der Waals surface area contributed by atoms with E-state index in [1.54, 1.807) is 0 Å². The predicted octanol–water partition coefficient (Wildman–Crippen LogP) is 4.19. The zero-order chi connectivity index (χ0) is 23.3. The summed E-state index contributed by atoms with van der Waals surface area (Å²) in [5.41, 5.74) is 2.07. The fraction of sp³-hybridized carbons (Fsp3) is 0.393. The van der Waals surface area contributed by atoms with E-state index < -0.39 is 0 Å². The van der Waals surface area contributed by atoms with Gasteiger partial charge in [-0.3, -0.25) is 4.79 Å². The quantitative estimate of drug-likeness (QED) is 0.577. The van der Waals surface area contributed by atoms with Crippen LogP contribution < -0.4 is 9.80 Å². The lowest BCUT2D eigenvalue weighted by Gasteiger charge is -2.37. The largest absolute Gasteiger partial charge is 0.355 e. The summed E-state index contributed by atoms with van der Waals surface area (Å²) in [5, 5.41) is 9.05. The molecule has 2 fully saturated rings. The molecule has 2 aromatic carbocycles. The first-order valence-electron chi connectivity index (χ1n) is 12.4. The van der Waals surface area contributed by atoms with Gasteiger partial charge in [-0.2, -0.15) is 0 Å². The average Bonchev–Trinajstić information content (AvgIpc) is 2.91. The fourth-order valence-electron chi connectivity index (χ4n) is 5.00. The molecule has 6 nitrogen and oxygen atoms in total. The van der Waals surface area contributed by atoms with Crippen LogP contribution in [-0.4, -0.2) is 60.3 Å². The maximum atomic E-state index is 13.7. The minimum atomic E-state index is -0.278. The molecule has 2 aliphatic rings. The van der Waals surface area contributed by atoms with Crippen LogP contribution in [0, 0.1) is 5.92 Å². The van der Waals surface area contributed by atoms with E-state index in [-0.39, 0.29) is 11.8 Å². The number of piperidine rings is 1. The van der Waals surface area contributed by atoms with Crippen LogP contribution in [0.3, 0.4) is 0 Å². The van der Waals surface area contributed by atoms with Crippen LogP contribution in [0.5, 0.6) is 0 Å². The van der Waals surface area contributed by atoms with Crippen molar-refractivity contribution in [2.75, 3.05) is 49.1 Å². The van der Waals surface area contributed by atoms with Gasteiger partial charge in [0.25, 0.3) is 0 Å². The molecule has 2 saturated heterocycles. The van der Waals surface area contributed by atoms with Gasteiger partial charge in [-0.05, 0) is 42.0 Å². The van der Waals surface area contributed by atoms with Crippen LogP contribution in [-0.2, 0) is 4.79 Å². The second kappa shape index (κ2) is 10.2. The van der Waals surface area contributed by atoms with Crippen LogP contribution >= 0.6 is 0 Å². The average molecular weight is 456 g/mol. The zero-order valence-electron chi connectivity index (χ0n) is 19.9. The first kappa shape index (κ1) is 22.4. The number of hydrogen-bond acceptors (Lipinski definition) is 5. The predicted molar refractivity (Wildman–Crippen MR) is 136 cm³/mol. The summed E-state index contributed by atoms with van der Waals surface area (Å²) in [6, 6.07) is 24.4. The Morgan fingerprint density at radius 2 is 1.18 bits per heavy atom. The van der Waals surface area contributed by atoms with E-state index in [1.165, 1.54) is 12.8 Å². The number of nitrogens with zero attached hydrogens (tertiary/aromatic N) is 5. The normalized spacial score (nSPS) is 17.3. The summed E-state index contributed by atoms with van der Waals surface area (Å²) in [5.74, 6) is 2.55. The van der Waals surface area contributed by atoms with Gasteiger partial charge >= 0.3 is 0 Å². The van der Waals surface area contributed by atoms with Gasteiger partial charge in [0.05, 0.1) is 5.92 Å². The molecule has 0 bridgehead atoms. The summed E-state index contributed by atoms with van der Waals surface area (Å²) >= 11 is 0. The van der Waals surface area contributed by atoms with E-state index in [9.17, 15) is 4.79 Å². The summed E-state index contributed by atoms with van der Waals surface area (Å²) < 4.78 is 0. The van der Waals surface area contributed by atoms with Gasteiger partial charge in [-0.25, -0.2) is 0 Å². The second-order valence-electron chi connectivity index (χ2n) is 9.49. The third-order valence-corrected chi connectivity index (χ3v) is 7.17. The summed E-state index contributed by atoms with van der Waals surface area (Å²) in [6.07, 6.45) is 2.43. The fourth-order valence-corrected chi connectivity index (χ4v) is 5.00. The third-order valence-electron chi connectivity index (χ3n) is 7.17. The Bertz CT molecular complexity index is 1020. The Morgan fingerprint density at radius 1 is 0.706 bits per heavy atom. The molecule has 1 amide bonds. The first-order chi connectivity index (χ1) is 16.7. The molecule has 0 spiro atoms. The monoisotopic (exact) mass is 455 g/mol. The minimum Gasteiger partial charge on any atom is -0.355 e. The molecule has 0 atom stereocenters. The Hall–Kier alpha value is -3.41. The highest BCUT2D eigenvalue weighted by Crippen LogP contribution is 2.28. The van der Waals surface area contributed by atoms with Gasteiger partial charge in [0.2, 0.25) is 5.91 Å². The molecular weight excluding hydrogens is 422 g/mol. The SMILES string of the molecule is CC1CCN(c2ccc(N3CCN(C(=O)C(c4ccccc4)c4ccccc4)CC3)nn2)CC1. The second-order valence-corrected chi connectivity index (χ2v) is 9.49. The van der Waals surface area contributed by atoms with Crippen molar-refractivity contribution in [1.29, 1.82) is 0 Å². The van der Waals surface area contributed by atoms with Gasteiger partial charge < -0.3 is 14.7 Å². The zero-order valence-corrected chi connectivity index (χ0v) is 19.9.